The monoisotopic (exact) mass is 374 g/mol. The van der Waals surface area contributed by atoms with E-state index in [2.05, 4.69) is 15.5 Å². The van der Waals surface area contributed by atoms with Crippen LogP contribution < -0.4 is 10.2 Å². The number of H-pyrrole nitrogens is 1. The number of aromatic amines is 1. The van der Waals surface area contributed by atoms with Crippen LogP contribution in [0, 0.1) is 6.92 Å². The van der Waals surface area contributed by atoms with Crippen molar-refractivity contribution in [2.45, 2.75) is 25.8 Å². The van der Waals surface area contributed by atoms with Crippen molar-refractivity contribution in [3.05, 3.63) is 82.7 Å². The largest absolute Gasteiger partial charge is 0.340 e. The minimum Gasteiger partial charge on any atom is -0.340 e. The number of fused-ring (bicyclic) bond motifs is 1. The number of amides is 2. The van der Waals surface area contributed by atoms with Crippen molar-refractivity contribution in [3.8, 4) is 0 Å². The van der Waals surface area contributed by atoms with Crippen LogP contribution >= 0.6 is 0 Å². The molecule has 0 saturated carbocycles. The number of nitrogens with zero attached hydrogens (tertiary/aromatic N) is 2. The Morgan fingerprint density at radius 2 is 1.79 bits per heavy atom. The zero-order valence-corrected chi connectivity index (χ0v) is 15.9. The Kier molecular flexibility index (Phi) is 4.69. The number of benzene rings is 2. The molecule has 0 radical (unpaired) electrons. The molecule has 6 heteroatoms. The van der Waals surface area contributed by atoms with E-state index in [1.807, 2.05) is 61.8 Å². The van der Waals surface area contributed by atoms with Crippen molar-refractivity contribution in [2.75, 3.05) is 11.9 Å². The van der Waals surface area contributed by atoms with E-state index in [1.165, 1.54) is 5.56 Å². The Balaban J connectivity index is 1.52. The predicted molar refractivity (Wildman–Crippen MR) is 107 cm³/mol. The number of carbonyl (C=O) groups is 2. The van der Waals surface area contributed by atoms with Crippen molar-refractivity contribution in [3.63, 3.8) is 0 Å². The molecule has 1 unspecified atom stereocenters. The van der Waals surface area contributed by atoms with Gasteiger partial charge in [0.15, 0.2) is 0 Å². The molecule has 6 nitrogen and oxygen atoms in total. The van der Waals surface area contributed by atoms with Crippen LogP contribution in [0.3, 0.4) is 0 Å². The number of anilines is 1. The topological polar surface area (TPSA) is 78.1 Å². The van der Waals surface area contributed by atoms with Gasteiger partial charge in [0.25, 0.3) is 5.91 Å². The van der Waals surface area contributed by atoms with Crippen molar-refractivity contribution in [1.82, 2.24) is 15.5 Å². The third-order valence-electron chi connectivity index (χ3n) is 5.12. The minimum atomic E-state index is -0.593. The van der Waals surface area contributed by atoms with Crippen molar-refractivity contribution in [2.24, 2.45) is 0 Å². The Morgan fingerprint density at radius 1 is 1.04 bits per heavy atom. The number of aryl methyl sites for hydroxylation is 1. The van der Waals surface area contributed by atoms with Gasteiger partial charge in [-0.1, -0.05) is 35.9 Å². The normalized spacial score (nSPS) is 16.5. The summed E-state index contributed by atoms with van der Waals surface area (Å²) in [5.41, 5.74) is 5.46. The fraction of sp³-hybridized carbons (Fsp3) is 0.227. The van der Waals surface area contributed by atoms with E-state index in [0.717, 1.165) is 23.1 Å². The predicted octanol–water partition coefficient (Wildman–Crippen LogP) is 2.63. The molecular formula is C22H22N4O2. The van der Waals surface area contributed by atoms with Crippen LogP contribution in [-0.4, -0.2) is 35.1 Å². The fourth-order valence-electron chi connectivity index (χ4n) is 3.55. The van der Waals surface area contributed by atoms with Gasteiger partial charge in [-0.3, -0.25) is 14.7 Å². The molecular weight excluding hydrogens is 352 g/mol. The van der Waals surface area contributed by atoms with Gasteiger partial charge in [0.2, 0.25) is 5.91 Å². The Bertz CT molecular complexity index is 1010. The SMILES string of the molecule is Cc1ccc2c(c1)C(=O)NC(Cc1ccc(Cc3cn[nH]c3)cc1)C(=O)N2C. The molecule has 2 amide bonds. The van der Waals surface area contributed by atoms with Crippen molar-refractivity contribution in [1.29, 1.82) is 0 Å². The summed E-state index contributed by atoms with van der Waals surface area (Å²) >= 11 is 0. The average Bonchev–Trinajstić information content (AvgIpc) is 3.18. The maximum atomic E-state index is 12.9. The lowest BCUT2D eigenvalue weighted by atomic mass is 10.0. The molecule has 28 heavy (non-hydrogen) atoms. The molecule has 0 saturated heterocycles. The first kappa shape index (κ1) is 18.0. The summed E-state index contributed by atoms with van der Waals surface area (Å²) < 4.78 is 0. The number of hydrogen-bond donors (Lipinski definition) is 2. The molecule has 2 N–H and O–H groups in total. The quantitative estimate of drug-likeness (QED) is 0.737. The van der Waals surface area contributed by atoms with Crippen LogP contribution in [-0.2, 0) is 17.6 Å². The summed E-state index contributed by atoms with van der Waals surface area (Å²) in [5, 5.41) is 9.67. The van der Waals surface area contributed by atoms with E-state index in [0.29, 0.717) is 17.7 Å². The lowest BCUT2D eigenvalue weighted by molar-refractivity contribution is -0.120. The second kappa shape index (κ2) is 7.31. The van der Waals surface area contributed by atoms with Crippen LogP contribution in [0.4, 0.5) is 5.69 Å². The van der Waals surface area contributed by atoms with E-state index in [-0.39, 0.29) is 11.8 Å². The van der Waals surface area contributed by atoms with Gasteiger partial charge in [0.1, 0.15) is 6.04 Å². The molecule has 3 aromatic rings. The standard InChI is InChI=1S/C22H22N4O2/c1-14-3-8-20-18(9-14)21(27)25-19(22(28)26(20)2)11-16-6-4-15(5-7-16)10-17-12-23-24-13-17/h3-9,12-13,19H,10-11H2,1-2H3,(H,23,24)(H,25,27). The number of aromatic nitrogens is 2. The number of likely N-dealkylation sites (N-methyl/N-ethyl adjacent to an activating group) is 1. The Hall–Kier alpha value is -3.41. The highest BCUT2D eigenvalue weighted by Crippen LogP contribution is 2.25. The van der Waals surface area contributed by atoms with Gasteiger partial charge in [-0.25, -0.2) is 0 Å². The second-order valence-electron chi connectivity index (χ2n) is 7.25. The number of rotatable bonds is 4. The smallest absolute Gasteiger partial charge is 0.254 e. The molecule has 1 aromatic heterocycles. The van der Waals surface area contributed by atoms with Gasteiger partial charge < -0.3 is 10.2 Å². The molecule has 142 valence electrons. The molecule has 1 atom stereocenters. The molecule has 1 aliphatic heterocycles. The van der Waals surface area contributed by atoms with Gasteiger partial charge in [-0.05, 0) is 35.7 Å². The number of nitrogens with one attached hydrogen (secondary N) is 2. The number of hydrogen-bond acceptors (Lipinski definition) is 3. The average molecular weight is 374 g/mol. The lowest BCUT2D eigenvalue weighted by Crippen LogP contribution is -2.45. The van der Waals surface area contributed by atoms with Crippen LogP contribution in [0.2, 0.25) is 0 Å². The van der Waals surface area contributed by atoms with Crippen LogP contribution in [0.25, 0.3) is 0 Å². The van der Waals surface area contributed by atoms with E-state index in [4.69, 9.17) is 0 Å². The summed E-state index contributed by atoms with van der Waals surface area (Å²) in [6.07, 6.45) is 4.94. The molecule has 0 bridgehead atoms. The fourth-order valence-corrected chi connectivity index (χ4v) is 3.55. The first-order valence-electron chi connectivity index (χ1n) is 9.26. The molecule has 1 aliphatic rings. The van der Waals surface area contributed by atoms with Crippen molar-refractivity contribution >= 4 is 17.5 Å². The van der Waals surface area contributed by atoms with E-state index in [9.17, 15) is 9.59 Å². The molecule has 2 heterocycles. The van der Waals surface area contributed by atoms with Gasteiger partial charge in [0, 0.05) is 26.1 Å². The highest BCUT2D eigenvalue weighted by molar-refractivity contribution is 6.10. The van der Waals surface area contributed by atoms with Crippen LogP contribution in [0.5, 0.6) is 0 Å². The van der Waals surface area contributed by atoms with Gasteiger partial charge in [-0.2, -0.15) is 5.10 Å². The Morgan fingerprint density at radius 3 is 2.50 bits per heavy atom. The maximum Gasteiger partial charge on any atom is 0.254 e. The third-order valence-corrected chi connectivity index (χ3v) is 5.12. The summed E-state index contributed by atoms with van der Waals surface area (Å²) in [6.45, 7) is 1.93. The minimum absolute atomic E-state index is 0.113. The molecule has 0 spiro atoms. The maximum absolute atomic E-state index is 12.9. The first-order valence-corrected chi connectivity index (χ1v) is 9.26. The van der Waals surface area contributed by atoms with E-state index in [1.54, 1.807) is 11.9 Å². The second-order valence-corrected chi connectivity index (χ2v) is 7.25. The summed E-state index contributed by atoms with van der Waals surface area (Å²) in [7, 11) is 1.72. The Labute approximate surface area is 163 Å². The molecule has 0 aliphatic carbocycles. The van der Waals surface area contributed by atoms with Crippen LogP contribution in [0.1, 0.15) is 32.6 Å². The zero-order valence-electron chi connectivity index (χ0n) is 15.9. The van der Waals surface area contributed by atoms with E-state index < -0.39 is 6.04 Å². The van der Waals surface area contributed by atoms with Crippen LogP contribution in [0.15, 0.2) is 54.9 Å². The first-order chi connectivity index (χ1) is 13.5. The summed E-state index contributed by atoms with van der Waals surface area (Å²) in [4.78, 5) is 27.2. The highest BCUT2D eigenvalue weighted by atomic mass is 16.2. The summed E-state index contributed by atoms with van der Waals surface area (Å²) in [6, 6.07) is 13.1. The molecule has 4 rings (SSSR count). The third kappa shape index (κ3) is 3.53. The summed E-state index contributed by atoms with van der Waals surface area (Å²) in [5.74, 6) is -0.323. The zero-order chi connectivity index (χ0) is 19.7. The van der Waals surface area contributed by atoms with E-state index >= 15 is 0 Å². The molecule has 0 fully saturated rings. The van der Waals surface area contributed by atoms with Gasteiger partial charge in [0.05, 0.1) is 17.4 Å². The van der Waals surface area contributed by atoms with Crippen molar-refractivity contribution < 1.29 is 9.59 Å². The molecule has 2 aromatic carbocycles. The highest BCUT2D eigenvalue weighted by Gasteiger charge is 2.31. The lowest BCUT2D eigenvalue weighted by Gasteiger charge is -2.21. The van der Waals surface area contributed by atoms with Gasteiger partial charge in [-0.15, -0.1) is 0 Å². The van der Waals surface area contributed by atoms with Gasteiger partial charge >= 0.3 is 0 Å². The number of carbonyl (C=O) groups excluding carboxylic acids is 2.